The third-order valence-electron chi connectivity index (χ3n) is 4.08. The number of carbonyl (C=O) groups excluding carboxylic acids is 1. The van der Waals surface area contributed by atoms with Crippen molar-refractivity contribution >= 4 is 12.0 Å². The van der Waals surface area contributed by atoms with E-state index in [1.54, 1.807) is 7.11 Å². The molecule has 2 saturated carbocycles. The molecule has 0 atom stereocenters. The zero-order chi connectivity index (χ0) is 14.7. The van der Waals surface area contributed by atoms with Crippen LogP contribution in [-0.2, 0) is 16.0 Å². The smallest absolute Gasteiger partial charge is 0.330 e. The second-order valence-electron chi connectivity index (χ2n) is 6.13. The van der Waals surface area contributed by atoms with Crippen LogP contribution in [-0.4, -0.2) is 19.7 Å². The summed E-state index contributed by atoms with van der Waals surface area (Å²) in [5.74, 6) is 2.10. The highest BCUT2D eigenvalue weighted by atomic mass is 16.5. The van der Waals surface area contributed by atoms with E-state index in [9.17, 15) is 4.79 Å². The Morgan fingerprint density at radius 2 is 2.00 bits per heavy atom. The minimum Gasteiger partial charge on any atom is -0.496 e. The van der Waals surface area contributed by atoms with Crippen LogP contribution in [0, 0.1) is 11.8 Å². The van der Waals surface area contributed by atoms with Crippen molar-refractivity contribution in [2.24, 2.45) is 11.8 Å². The minimum atomic E-state index is -0.249. The molecule has 3 heteroatoms. The van der Waals surface area contributed by atoms with Gasteiger partial charge in [0, 0.05) is 6.08 Å². The Morgan fingerprint density at radius 3 is 2.67 bits per heavy atom. The second kappa shape index (κ2) is 6.33. The summed E-state index contributed by atoms with van der Waals surface area (Å²) in [5.41, 5.74) is 2.25. The van der Waals surface area contributed by atoms with Crippen LogP contribution in [0.2, 0.25) is 0 Å². The van der Waals surface area contributed by atoms with E-state index in [-0.39, 0.29) is 5.97 Å². The SMILES string of the molecule is COc1ccc(C=CC(=O)OCC2CC2)cc1CC1CC1. The van der Waals surface area contributed by atoms with E-state index < -0.39 is 0 Å². The molecule has 1 aromatic carbocycles. The monoisotopic (exact) mass is 286 g/mol. The van der Waals surface area contributed by atoms with E-state index in [1.807, 2.05) is 18.2 Å². The van der Waals surface area contributed by atoms with Crippen LogP contribution < -0.4 is 4.74 Å². The van der Waals surface area contributed by atoms with Crippen LogP contribution in [0.1, 0.15) is 36.8 Å². The highest BCUT2D eigenvalue weighted by molar-refractivity contribution is 5.87. The first-order valence-corrected chi connectivity index (χ1v) is 7.76. The van der Waals surface area contributed by atoms with Gasteiger partial charge in [0.2, 0.25) is 0 Å². The number of benzene rings is 1. The summed E-state index contributed by atoms with van der Waals surface area (Å²) in [6.45, 7) is 0.568. The standard InChI is InChI=1S/C18H22O3/c1-20-17-8-6-14(11-16(17)10-13-2-3-13)7-9-18(19)21-12-15-4-5-15/h6-9,11,13,15H,2-5,10,12H2,1H3. The topological polar surface area (TPSA) is 35.5 Å². The fraction of sp³-hybridized carbons (Fsp3) is 0.500. The maximum atomic E-state index is 11.6. The predicted octanol–water partition coefficient (Wildman–Crippen LogP) is 3.61. The van der Waals surface area contributed by atoms with Gasteiger partial charge >= 0.3 is 5.97 Å². The normalized spacial score (nSPS) is 18.0. The van der Waals surface area contributed by atoms with Crippen molar-refractivity contribution in [3.05, 3.63) is 35.4 Å². The van der Waals surface area contributed by atoms with Crippen molar-refractivity contribution in [3.63, 3.8) is 0 Å². The molecule has 0 heterocycles. The van der Waals surface area contributed by atoms with Crippen molar-refractivity contribution in [2.75, 3.05) is 13.7 Å². The number of rotatable bonds is 7. The molecule has 0 spiro atoms. The highest BCUT2D eigenvalue weighted by Gasteiger charge is 2.23. The van der Waals surface area contributed by atoms with Crippen LogP contribution in [0.25, 0.3) is 6.08 Å². The molecule has 0 saturated heterocycles. The van der Waals surface area contributed by atoms with Gasteiger partial charge in [0.25, 0.3) is 0 Å². The lowest BCUT2D eigenvalue weighted by atomic mass is 10.0. The maximum absolute atomic E-state index is 11.6. The molecule has 2 aliphatic carbocycles. The first kappa shape index (κ1) is 14.2. The largest absolute Gasteiger partial charge is 0.496 e. The molecule has 1 aromatic rings. The summed E-state index contributed by atoms with van der Waals surface area (Å²) >= 11 is 0. The first-order valence-electron chi connectivity index (χ1n) is 7.76. The van der Waals surface area contributed by atoms with Gasteiger partial charge in [-0.25, -0.2) is 4.79 Å². The molecule has 0 amide bonds. The third kappa shape index (κ3) is 4.35. The molecule has 0 aliphatic heterocycles. The number of carbonyl (C=O) groups is 1. The van der Waals surface area contributed by atoms with E-state index in [2.05, 4.69) is 6.07 Å². The zero-order valence-corrected chi connectivity index (χ0v) is 12.5. The molecule has 2 aliphatic rings. The molecule has 2 fully saturated rings. The Hall–Kier alpha value is -1.77. The fourth-order valence-corrected chi connectivity index (χ4v) is 2.39. The van der Waals surface area contributed by atoms with Gasteiger partial charge in [-0.15, -0.1) is 0 Å². The summed E-state index contributed by atoms with van der Waals surface area (Å²) < 4.78 is 10.6. The molecule has 3 rings (SSSR count). The fourth-order valence-electron chi connectivity index (χ4n) is 2.39. The Kier molecular flexibility index (Phi) is 4.28. The molecule has 0 radical (unpaired) electrons. The summed E-state index contributed by atoms with van der Waals surface area (Å²) in [6, 6.07) is 6.06. The van der Waals surface area contributed by atoms with Crippen LogP contribution in [0.5, 0.6) is 5.75 Å². The Labute approximate surface area is 125 Å². The average molecular weight is 286 g/mol. The molecule has 0 N–H and O–H groups in total. The van der Waals surface area contributed by atoms with E-state index in [0.29, 0.717) is 12.5 Å². The average Bonchev–Trinajstić information content (AvgIpc) is 3.37. The van der Waals surface area contributed by atoms with Gasteiger partial charge < -0.3 is 9.47 Å². The minimum absolute atomic E-state index is 0.249. The molecule has 112 valence electrons. The van der Waals surface area contributed by atoms with E-state index in [0.717, 1.165) is 23.7 Å². The van der Waals surface area contributed by atoms with Gasteiger partial charge in [-0.1, -0.05) is 6.07 Å². The van der Waals surface area contributed by atoms with Crippen molar-refractivity contribution in [1.82, 2.24) is 0 Å². The zero-order valence-electron chi connectivity index (χ0n) is 12.5. The summed E-state index contributed by atoms with van der Waals surface area (Å²) in [7, 11) is 1.70. The van der Waals surface area contributed by atoms with Crippen molar-refractivity contribution in [2.45, 2.75) is 32.1 Å². The van der Waals surface area contributed by atoms with Gasteiger partial charge in [-0.05, 0) is 73.3 Å². The maximum Gasteiger partial charge on any atom is 0.330 e. The number of esters is 1. The third-order valence-corrected chi connectivity index (χ3v) is 4.08. The van der Waals surface area contributed by atoms with Gasteiger partial charge in [0.15, 0.2) is 0 Å². The lowest BCUT2D eigenvalue weighted by Crippen LogP contribution is -2.03. The van der Waals surface area contributed by atoms with Gasteiger partial charge in [-0.2, -0.15) is 0 Å². The summed E-state index contributed by atoms with van der Waals surface area (Å²) in [5, 5.41) is 0. The quantitative estimate of drug-likeness (QED) is 0.567. The van der Waals surface area contributed by atoms with Crippen molar-refractivity contribution < 1.29 is 14.3 Å². The van der Waals surface area contributed by atoms with E-state index in [4.69, 9.17) is 9.47 Å². The Morgan fingerprint density at radius 1 is 1.24 bits per heavy atom. The van der Waals surface area contributed by atoms with Crippen LogP contribution in [0.3, 0.4) is 0 Å². The van der Waals surface area contributed by atoms with Crippen LogP contribution >= 0.6 is 0 Å². The number of methoxy groups -OCH3 is 1. The molecular formula is C18H22O3. The Balaban J connectivity index is 1.61. The van der Waals surface area contributed by atoms with Crippen molar-refractivity contribution in [1.29, 1.82) is 0 Å². The lowest BCUT2D eigenvalue weighted by Gasteiger charge is -2.09. The lowest BCUT2D eigenvalue weighted by molar-refractivity contribution is -0.138. The van der Waals surface area contributed by atoms with E-state index in [1.165, 1.54) is 37.3 Å². The van der Waals surface area contributed by atoms with Gasteiger partial charge in [-0.3, -0.25) is 0 Å². The number of hydrogen-bond acceptors (Lipinski definition) is 3. The van der Waals surface area contributed by atoms with Gasteiger partial charge in [0.05, 0.1) is 13.7 Å². The second-order valence-corrected chi connectivity index (χ2v) is 6.13. The van der Waals surface area contributed by atoms with Crippen molar-refractivity contribution in [3.8, 4) is 5.75 Å². The Bertz CT molecular complexity index is 539. The van der Waals surface area contributed by atoms with Crippen LogP contribution in [0.4, 0.5) is 0 Å². The molecular weight excluding hydrogens is 264 g/mol. The number of hydrogen-bond donors (Lipinski definition) is 0. The van der Waals surface area contributed by atoms with Crippen LogP contribution in [0.15, 0.2) is 24.3 Å². The molecule has 0 unspecified atom stereocenters. The number of ether oxygens (including phenoxy) is 2. The predicted molar refractivity (Wildman–Crippen MR) is 82.1 cm³/mol. The molecule has 3 nitrogen and oxygen atoms in total. The molecule has 0 aromatic heterocycles. The summed E-state index contributed by atoms with van der Waals surface area (Å²) in [6.07, 6.45) is 9.43. The van der Waals surface area contributed by atoms with Gasteiger partial charge in [0.1, 0.15) is 5.75 Å². The molecule has 0 bridgehead atoms. The summed E-state index contributed by atoms with van der Waals surface area (Å²) in [4.78, 5) is 11.6. The van der Waals surface area contributed by atoms with E-state index >= 15 is 0 Å². The first-order chi connectivity index (χ1) is 10.2. The highest BCUT2D eigenvalue weighted by Crippen LogP contribution is 2.35. The molecule has 21 heavy (non-hydrogen) atoms.